The molecule has 4 aromatic rings. The number of nitrogens with zero attached hydrogens (tertiary/aromatic N) is 4. The Kier molecular flexibility index (Phi) is 8.02. The Morgan fingerprint density at radius 1 is 1.11 bits per heavy atom. The number of phenols is 1. The Morgan fingerprint density at radius 3 is 2.63 bits per heavy atom. The van der Waals surface area contributed by atoms with Crippen LogP contribution in [-0.2, 0) is 4.79 Å². The van der Waals surface area contributed by atoms with E-state index in [0.717, 1.165) is 11.3 Å². The van der Waals surface area contributed by atoms with E-state index in [-0.39, 0.29) is 17.4 Å². The summed E-state index contributed by atoms with van der Waals surface area (Å²) in [5.41, 5.74) is 4.61. The van der Waals surface area contributed by atoms with E-state index in [2.05, 4.69) is 20.7 Å². The molecule has 0 radical (unpaired) electrons. The molecule has 0 unspecified atom stereocenters. The van der Waals surface area contributed by atoms with Gasteiger partial charge in [0.1, 0.15) is 0 Å². The monoisotopic (exact) mass is 507 g/mol. The fourth-order valence-corrected chi connectivity index (χ4v) is 4.08. The van der Waals surface area contributed by atoms with Gasteiger partial charge in [-0.15, -0.1) is 10.2 Å². The van der Waals surface area contributed by atoms with Gasteiger partial charge >= 0.3 is 0 Å². The number of hydrogen-bond acceptors (Lipinski definition) is 7. The predicted molar refractivity (Wildman–Crippen MR) is 138 cm³/mol. The van der Waals surface area contributed by atoms with Crippen molar-refractivity contribution < 1.29 is 14.6 Å². The van der Waals surface area contributed by atoms with E-state index in [4.69, 9.17) is 16.3 Å². The van der Waals surface area contributed by atoms with Crippen LogP contribution >= 0.6 is 23.4 Å². The number of carbonyl (C=O) groups excluding carboxylic acids is 1. The van der Waals surface area contributed by atoms with Crippen molar-refractivity contribution >= 4 is 35.5 Å². The number of nitrogens with one attached hydrogen (secondary N) is 1. The molecule has 0 atom stereocenters. The standard InChI is InChI=1S/C25H22ClN5O3S/c1-2-34-21-10-6-9-18(23(21)33)15-27-28-22(32)16-35-25-30-29-24(17-7-4-3-5-8-17)31(25)20-13-11-19(26)12-14-20/h3-15,33H,2,16H2,1H3,(H,28,32). The average molecular weight is 508 g/mol. The molecule has 10 heteroatoms. The number of ether oxygens (including phenoxy) is 1. The average Bonchev–Trinajstić information content (AvgIpc) is 3.30. The molecule has 1 heterocycles. The molecule has 0 aliphatic heterocycles. The molecule has 3 aromatic carbocycles. The fraction of sp³-hybridized carbons (Fsp3) is 0.120. The number of hydrogen-bond donors (Lipinski definition) is 2. The van der Waals surface area contributed by atoms with E-state index < -0.39 is 0 Å². The van der Waals surface area contributed by atoms with Crippen LogP contribution in [0.2, 0.25) is 5.02 Å². The van der Waals surface area contributed by atoms with Crippen LogP contribution in [-0.4, -0.2) is 44.4 Å². The van der Waals surface area contributed by atoms with Crippen molar-refractivity contribution in [3.63, 3.8) is 0 Å². The van der Waals surface area contributed by atoms with Gasteiger partial charge in [0.15, 0.2) is 22.5 Å². The summed E-state index contributed by atoms with van der Waals surface area (Å²) in [4.78, 5) is 12.4. The number of rotatable bonds is 9. The normalized spacial score (nSPS) is 11.0. The lowest BCUT2D eigenvalue weighted by Crippen LogP contribution is -2.20. The smallest absolute Gasteiger partial charge is 0.250 e. The molecule has 0 aliphatic carbocycles. The zero-order chi connectivity index (χ0) is 24.6. The van der Waals surface area contributed by atoms with Gasteiger partial charge in [0.25, 0.3) is 5.91 Å². The maximum absolute atomic E-state index is 12.4. The first-order valence-electron chi connectivity index (χ1n) is 10.7. The summed E-state index contributed by atoms with van der Waals surface area (Å²) >= 11 is 7.29. The summed E-state index contributed by atoms with van der Waals surface area (Å²) in [6.45, 7) is 2.25. The zero-order valence-electron chi connectivity index (χ0n) is 18.8. The lowest BCUT2D eigenvalue weighted by molar-refractivity contribution is -0.118. The van der Waals surface area contributed by atoms with Crippen LogP contribution in [0.15, 0.2) is 83.1 Å². The predicted octanol–water partition coefficient (Wildman–Crippen LogP) is 4.93. The van der Waals surface area contributed by atoms with E-state index in [1.807, 2.05) is 54.0 Å². The maximum Gasteiger partial charge on any atom is 0.250 e. The largest absolute Gasteiger partial charge is 0.504 e. The molecule has 1 aromatic heterocycles. The van der Waals surface area contributed by atoms with Gasteiger partial charge in [0.2, 0.25) is 0 Å². The number of aromatic nitrogens is 3. The second-order valence-electron chi connectivity index (χ2n) is 7.19. The molecule has 0 aliphatic rings. The molecule has 4 rings (SSSR count). The van der Waals surface area contributed by atoms with Gasteiger partial charge in [-0.3, -0.25) is 9.36 Å². The molecule has 178 valence electrons. The quantitative estimate of drug-likeness (QED) is 0.189. The van der Waals surface area contributed by atoms with Gasteiger partial charge in [0, 0.05) is 21.8 Å². The highest BCUT2D eigenvalue weighted by Crippen LogP contribution is 2.29. The lowest BCUT2D eigenvalue weighted by Gasteiger charge is -2.10. The van der Waals surface area contributed by atoms with Crippen molar-refractivity contribution in [2.24, 2.45) is 5.10 Å². The van der Waals surface area contributed by atoms with Crippen molar-refractivity contribution in [3.05, 3.63) is 83.4 Å². The highest BCUT2D eigenvalue weighted by molar-refractivity contribution is 7.99. The van der Waals surface area contributed by atoms with E-state index in [9.17, 15) is 9.90 Å². The Bertz CT molecular complexity index is 1330. The molecular weight excluding hydrogens is 486 g/mol. The second-order valence-corrected chi connectivity index (χ2v) is 8.57. The summed E-state index contributed by atoms with van der Waals surface area (Å²) in [7, 11) is 0. The number of halogens is 1. The third kappa shape index (κ3) is 6.00. The topological polar surface area (TPSA) is 102 Å². The summed E-state index contributed by atoms with van der Waals surface area (Å²) in [6, 6.07) is 22.1. The third-order valence-corrected chi connectivity index (χ3v) is 5.99. The van der Waals surface area contributed by atoms with Crippen molar-refractivity contribution in [2.75, 3.05) is 12.4 Å². The van der Waals surface area contributed by atoms with Crippen LogP contribution in [0.4, 0.5) is 0 Å². The fourth-order valence-electron chi connectivity index (χ4n) is 3.21. The molecule has 0 spiro atoms. The SMILES string of the molecule is CCOc1cccc(C=NNC(=O)CSc2nnc(-c3ccccc3)n2-c2ccc(Cl)cc2)c1O. The van der Waals surface area contributed by atoms with Gasteiger partial charge < -0.3 is 9.84 Å². The Hall–Kier alpha value is -3.82. The first-order valence-corrected chi connectivity index (χ1v) is 12.1. The Labute approximate surface area is 211 Å². The lowest BCUT2D eigenvalue weighted by atomic mass is 10.2. The van der Waals surface area contributed by atoms with Crippen LogP contribution in [0.1, 0.15) is 12.5 Å². The van der Waals surface area contributed by atoms with Crippen LogP contribution < -0.4 is 10.2 Å². The second kappa shape index (κ2) is 11.5. The number of phenolic OH excluding ortho intramolecular Hbond substituents is 1. The summed E-state index contributed by atoms with van der Waals surface area (Å²) in [5.74, 6) is 0.695. The maximum atomic E-state index is 12.4. The zero-order valence-corrected chi connectivity index (χ0v) is 20.3. The highest BCUT2D eigenvalue weighted by atomic mass is 35.5. The number of carbonyl (C=O) groups is 1. The molecule has 2 N–H and O–H groups in total. The Morgan fingerprint density at radius 2 is 1.89 bits per heavy atom. The molecule has 8 nitrogen and oxygen atoms in total. The minimum Gasteiger partial charge on any atom is -0.504 e. The van der Waals surface area contributed by atoms with Crippen molar-refractivity contribution in [3.8, 4) is 28.6 Å². The van der Waals surface area contributed by atoms with Crippen molar-refractivity contribution in [1.29, 1.82) is 0 Å². The van der Waals surface area contributed by atoms with E-state index in [1.54, 1.807) is 30.3 Å². The number of hydrazone groups is 1. The van der Waals surface area contributed by atoms with E-state index in [0.29, 0.717) is 33.9 Å². The minimum absolute atomic E-state index is 0.0359. The highest BCUT2D eigenvalue weighted by Gasteiger charge is 2.17. The molecule has 0 fully saturated rings. The summed E-state index contributed by atoms with van der Waals surface area (Å²) in [6.07, 6.45) is 1.37. The van der Waals surface area contributed by atoms with E-state index >= 15 is 0 Å². The first kappa shape index (κ1) is 24.3. The minimum atomic E-state index is -0.335. The van der Waals surface area contributed by atoms with Gasteiger partial charge in [0.05, 0.1) is 18.6 Å². The Balaban J connectivity index is 1.47. The number of amides is 1. The molecular formula is C25H22ClN5O3S. The number of thioether (sulfide) groups is 1. The molecule has 1 amide bonds. The molecule has 0 saturated carbocycles. The van der Waals surface area contributed by atoms with E-state index in [1.165, 1.54) is 18.0 Å². The van der Waals surface area contributed by atoms with Crippen LogP contribution in [0.3, 0.4) is 0 Å². The first-order chi connectivity index (χ1) is 17.1. The number of benzene rings is 3. The van der Waals surface area contributed by atoms with Gasteiger partial charge in [-0.1, -0.05) is 59.8 Å². The third-order valence-electron chi connectivity index (χ3n) is 4.81. The molecule has 0 bridgehead atoms. The van der Waals surface area contributed by atoms with Gasteiger partial charge in [-0.25, -0.2) is 5.43 Å². The van der Waals surface area contributed by atoms with Crippen molar-refractivity contribution in [2.45, 2.75) is 12.1 Å². The van der Waals surface area contributed by atoms with Crippen molar-refractivity contribution in [1.82, 2.24) is 20.2 Å². The summed E-state index contributed by atoms with van der Waals surface area (Å²) < 4.78 is 7.23. The molecule has 0 saturated heterocycles. The van der Waals surface area contributed by atoms with Gasteiger partial charge in [-0.05, 0) is 43.3 Å². The van der Waals surface area contributed by atoms with Gasteiger partial charge in [-0.2, -0.15) is 5.10 Å². The number of aromatic hydroxyl groups is 1. The molecule has 35 heavy (non-hydrogen) atoms. The van der Waals surface area contributed by atoms with Crippen LogP contribution in [0.25, 0.3) is 17.1 Å². The van der Waals surface area contributed by atoms with Crippen LogP contribution in [0, 0.1) is 0 Å². The summed E-state index contributed by atoms with van der Waals surface area (Å²) in [5, 5.41) is 24.0. The number of para-hydroxylation sites is 1. The van der Waals surface area contributed by atoms with Crippen LogP contribution in [0.5, 0.6) is 11.5 Å².